The van der Waals surface area contributed by atoms with E-state index in [1.165, 1.54) is 29.7 Å². The standard InChI is InChI=1S/C26H25F4N5O7S/c1-41-23-8-16(2-3-21(23)35(37)38)15-43(39,40)33-6-4-32(5-7-33)22-13-31-34(20-10-18(27)9-19(28)11-20)25(36)24(22)42-14-17-12-26(17,29)30/h2-3,8-11,13,17H,4-7,12,14-15H2,1H3. The summed E-state index contributed by atoms with van der Waals surface area (Å²) in [6.45, 7) is -0.393. The number of aromatic nitrogens is 2. The van der Waals surface area contributed by atoms with Crippen molar-refractivity contribution in [2.75, 3.05) is 44.8 Å². The lowest BCUT2D eigenvalue weighted by Gasteiger charge is -2.35. The summed E-state index contributed by atoms with van der Waals surface area (Å²) in [7, 11) is -2.65. The molecule has 2 fully saturated rings. The van der Waals surface area contributed by atoms with E-state index in [0.717, 1.165) is 18.2 Å². The van der Waals surface area contributed by atoms with Crippen molar-refractivity contribution >= 4 is 21.4 Å². The van der Waals surface area contributed by atoms with Crippen molar-refractivity contribution in [3.05, 3.63) is 80.3 Å². The van der Waals surface area contributed by atoms with Crippen LogP contribution in [-0.2, 0) is 15.8 Å². The molecule has 2 aliphatic rings. The Labute approximate surface area is 242 Å². The van der Waals surface area contributed by atoms with Crippen LogP contribution in [0.5, 0.6) is 11.5 Å². The molecule has 1 saturated carbocycles. The Morgan fingerprint density at radius 3 is 2.33 bits per heavy atom. The number of hydrogen-bond acceptors (Lipinski definition) is 9. The van der Waals surface area contributed by atoms with Gasteiger partial charge in [-0.25, -0.2) is 26.0 Å². The number of alkyl halides is 2. The number of benzene rings is 2. The number of anilines is 1. The number of sulfonamides is 1. The summed E-state index contributed by atoms with van der Waals surface area (Å²) in [5, 5.41) is 15.1. The number of piperazine rings is 1. The molecule has 0 radical (unpaired) electrons. The minimum atomic E-state index is -3.88. The van der Waals surface area contributed by atoms with E-state index in [1.54, 1.807) is 4.90 Å². The molecule has 1 aromatic heterocycles. The van der Waals surface area contributed by atoms with E-state index in [4.69, 9.17) is 9.47 Å². The van der Waals surface area contributed by atoms with E-state index >= 15 is 0 Å². The highest BCUT2D eigenvalue weighted by molar-refractivity contribution is 7.88. The van der Waals surface area contributed by atoms with Crippen LogP contribution in [0.4, 0.5) is 28.9 Å². The van der Waals surface area contributed by atoms with Crippen molar-refractivity contribution in [2.45, 2.75) is 18.1 Å². The molecule has 2 aromatic carbocycles. The zero-order chi connectivity index (χ0) is 31.1. The molecule has 0 spiro atoms. The van der Waals surface area contributed by atoms with Crippen LogP contribution in [0.3, 0.4) is 0 Å². The Morgan fingerprint density at radius 1 is 1.09 bits per heavy atom. The van der Waals surface area contributed by atoms with Crippen molar-refractivity contribution in [1.82, 2.24) is 14.1 Å². The lowest BCUT2D eigenvalue weighted by atomic mass is 10.2. The van der Waals surface area contributed by atoms with Crippen LogP contribution in [0.25, 0.3) is 5.69 Å². The van der Waals surface area contributed by atoms with Crippen molar-refractivity contribution < 1.29 is 40.4 Å². The second-order valence-electron chi connectivity index (χ2n) is 10.1. The van der Waals surface area contributed by atoms with Crippen LogP contribution in [0, 0.1) is 27.7 Å². The minimum absolute atomic E-state index is 0.0230. The maximum absolute atomic E-state index is 13.8. The SMILES string of the molecule is COc1cc(CS(=O)(=O)N2CCN(c3cnn(-c4cc(F)cc(F)c4)c(=O)c3OCC3CC3(F)F)CC2)ccc1[N+](=O)[O-]. The average Bonchev–Trinajstić information content (AvgIpc) is 3.57. The normalized spacial score (nSPS) is 18.3. The topological polar surface area (TPSA) is 137 Å². The summed E-state index contributed by atoms with van der Waals surface area (Å²) in [5.74, 6) is -6.85. The number of methoxy groups -OCH3 is 1. The molecule has 1 atom stereocenters. The Balaban J connectivity index is 1.36. The monoisotopic (exact) mass is 627 g/mol. The van der Waals surface area contributed by atoms with E-state index < -0.39 is 62.8 Å². The molecule has 1 unspecified atom stereocenters. The lowest BCUT2D eigenvalue weighted by Crippen LogP contribution is -2.49. The van der Waals surface area contributed by atoms with Gasteiger partial charge in [-0.05, 0) is 23.8 Å². The number of hydrogen-bond donors (Lipinski definition) is 0. The Kier molecular flexibility index (Phi) is 8.04. The first kappa shape index (κ1) is 30.2. The van der Waals surface area contributed by atoms with Gasteiger partial charge in [0.25, 0.3) is 5.92 Å². The number of nitro groups is 1. The van der Waals surface area contributed by atoms with Crippen molar-refractivity contribution in [3.8, 4) is 17.2 Å². The second-order valence-corrected chi connectivity index (χ2v) is 12.1. The van der Waals surface area contributed by atoms with Gasteiger partial charge in [0.05, 0.1) is 42.2 Å². The molecule has 1 saturated heterocycles. The highest BCUT2D eigenvalue weighted by atomic mass is 32.2. The quantitative estimate of drug-likeness (QED) is 0.189. The molecule has 17 heteroatoms. The minimum Gasteiger partial charge on any atom is -0.490 e. The molecular weight excluding hydrogens is 602 g/mol. The van der Waals surface area contributed by atoms with Crippen LogP contribution in [-0.4, -0.2) is 73.2 Å². The fourth-order valence-corrected chi connectivity index (χ4v) is 6.24. The Morgan fingerprint density at radius 2 is 1.74 bits per heavy atom. The van der Waals surface area contributed by atoms with Gasteiger partial charge in [0.1, 0.15) is 17.3 Å². The number of nitrogens with zero attached hydrogens (tertiary/aromatic N) is 5. The third-order valence-corrected chi connectivity index (χ3v) is 9.00. The summed E-state index contributed by atoms with van der Waals surface area (Å²) in [5.41, 5.74) is -1.10. The molecule has 1 aliphatic heterocycles. The third-order valence-electron chi connectivity index (χ3n) is 7.15. The Hall–Kier alpha value is -4.25. The van der Waals surface area contributed by atoms with Gasteiger partial charge in [-0.1, -0.05) is 6.07 Å². The maximum Gasteiger partial charge on any atom is 0.316 e. The van der Waals surface area contributed by atoms with Crippen LogP contribution < -0.4 is 19.9 Å². The molecular formula is C26H25F4N5O7S. The van der Waals surface area contributed by atoms with Gasteiger partial charge in [-0.2, -0.15) is 14.1 Å². The zero-order valence-electron chi connectivity index (χ0n) is 22.6. The summed E-state index contributed by atoms with van der Waals surface area (Å²) >= 11 is 0. The first-order valence-corrected chi connectivity index (χ1v) is 14.5. The summed E-state index contributed by atoms with van der Waals surface area (Å²) < 4.78 is 93.5. The molecule has 0 bridgehead atoms. The number of ether oxygens (including phenoxy) is 2. The maximum atomic E-state index is 13.8. The predicted molar refractivity (Wildman–Crippen MR) is 144 cm³/mol. The van der Waals surface area contributed by atoms with Crippen LogP contribution in [0.15, 0.2) is 47.4 Å². The van der Waals surface area contributed by atoms with Gasteiger partial charge in [-0.15, -0.1) is 0 Å². The summed E-state index contributed by atoms with van der Waals surface area (Å²) in [6.07, 6.45) is 0.784. The van der Waals surface area contributed by atoms with E-state index in [2.05, 4.69) is 5.10 Å². The van der Waals surface area contributed by atoms with E-state index in [9.17, 15) is 40.9 Å². The molecule has 43 heavy (non-hydrogen) atoms. The number of nitro benzene ring substituents is 1. The van der Waals surface area contributed by atoms with Gasteiger partial charge in [0.2, 0.25) is 15.8 Å². The van der Waals surface area contributed by atoms with E-state index in [0.29, 0.717) is 10.7 Å². The highest BCUT2D eigenvalue weighted by Crippen LogP contribution is 2.48. The van der Waals surface area contributed by atoms with Gasteiger partial charge in [-0.3, -0.25) is 14.9 Å². The fraction of sp³-hybridized carbons (Fsp3) is 0.385. The van der Waals surface area contributed by atoms with E-state index in [1.807, 2.05) is 0 Å². The van der Waals surface area contributed by atoms with Gasteiger partial charge < -0.3 is 14.4 Å². The molecule has 0 amide bonds. The largest absolute Gasteiger partial charge is 0.490 e. The Bertz CT molecular complexity index is 1710. The average molecular weight is 628 g/mol. The molecule has 12 nitrogen and oxygen atoms in total. The summed E-state index contributed by atoms with van der Waals surface area (Å²) in [4.78, 5) is 25.4. The van der Waals surface area contributed by atoms with Crippen LogP contribution in [0.2, 0.25) is 0 Å². The van der Waals surface area contributed by atoms with Crippen molar-refractivity contribution in [3.63, 3.8) is 0 Å². The fourth-order valence-electron chi connectivity index (χ4n) is 4.74. The lowest BCUT2D eigenvalue weighted by molar-refractivity contribution is -0.385. The van der Waals surface area contributed by atoms with Gasteiger partial charge >= 0.3 is 11.2 Å². The number of halogens is 4. The zero-order valence-corrected chi connectivity index (χ0v) is 23.4. The second kappa shape index (κ2) is 11.4. The smallest absolute Gasteiger partial charge is 0.316 e. The highest BCUT2D eigenvalue weighted by Gasteiger charge is 2.57. The first-order chi connectivity index (χ1) is 20.3. The first-order valence-electron chi connectivity index (χ1n) is 12.9. The predicted octanol–water partition coefficient (Wildman–Crippen LogP) is 3.11. The molecule has 5 rings (SSSR count). The van der Waals surface area contributed by atoms with Crippen LogP contribution in [0.1, 0.15) is 12.0 Å². The van der Waals surface area contributed by atoms with Crippen molar-refractivity contribution in [1.29, 1.82) is 0 Å². The van der Waals surface area contributed by atoms with E-state index in [-0.39, 0.29) is 60.3 Å². The third kappa shape index (κ3) is 6.41. The molecule has 3 aromatic rings. The van der Waals surface area contributed by atoms with Crippen LogP contribution >= 0.6 is 0 Å². The van der Waals surface area contributed by atoms with Crippen molar-refractivity contribution in [2.24, 2.45) is 5.92 Å². The molecule has 1 aliphatic carbocycles. The molecule has 0 N–H and O–H groups in total. The van der Waals surface area contributed by atoms with Gasteiger partial charge in [0.15, 0.2) is 5.75 Å². The molecule has 230 valence electrons. The summed E-state index contributed by atoms with van der Waals surface area (Å²) in [6, 6.07) is 6.13. The number of rotatable bonds is 10. The van der Waals surface area contributed by atoms with Gasteiger partial charge in [0, 0.05) is 44.7 Å². The molecule has 2 heterocycles.